The van der Waals surface area contributed by atoms with Gasteiger partial charge in [-0.1, -0.05) is 6.92 Å². The predicted molar refractivity (Wildman–Crippen MR) is 46.4 cm³/mol. The molecular weight excluding hydrogens is 170 g/mol. The first-order valence-electron chi connectivity index (χ1n) is 4.84. The first-order valence-corrected chi connectivity index (χ1v) is 4.84. The van der Waals surface area contributed by atoms with Gasteiger partial charge in [0, 0.05) is 0 Å². The molecule has 13 heavy (non-hydrogen) atoms. The number of hydrogen-bond acceptors (Lipinski definition) is 4. The molecule has 0 aromatic rings. The highest BCUT2D eigenvalue weighted by atomic mass is 16.8. The molecule has 0 saturated carbocycles. The quantitative estimate of drug-likeness (QED) is 0.664. The smallest absolute Gasteiger partial charge is 0.163 e. The Bertz CT molecular complexity index is 207. The van der Waals surface area contributed by atoms with Crippen LogP contribution >= 0.6 is 0 Å². The summed E-state index contributed by atoms with van der Waals surface area (Å²) in [4.78, 5) is 0. The Hall–Kier alpha value is -0.160. The molecule has 76 valence electrons. The van der Waals surface area contributed by atoms with Gasteiger partial charge in [0.1, 0.15) is 12.2 Å². The van der Waals surface area contributed by atoms with E-state index in [1.54, 1.807) is 0 Å². The second kappa shape index (κ2) is 2.92. The van der Waals surface area contributed by atoms with Crippen molar-refractivity contribution < 1.29 is 14.7 Å². The summed E-state index contributed by atoms with van der Waals surface area (Å²) in [7, 11) is 0. The molecule has 0 aromatic carbocycles. The van der Waals surface area contributed by atoms with Gasteiger partial charge in [-0.05, 0) is 20.3 Å². The van der Waals surface area contributed by atoms with Crippen LogP contribution < -0.4 is 0 Å². The van der Waals surface area contributed by atoms with Gasteiger partial charge in [0.2, 0.25) is 0 Å². The van der Waals surface area contributed by atoms with Crippen molar-refractivity contribution in [2.75, 3.05) is 6.54 Å². The molecule has 2 aliphatic heterocycles. The summed E-state index contributed by atoms with van der Waals surface area (Å²) in [5.74, 6) is -0.482. The van der Waals surface area contributed by atoms with Crippen LogP contribution in [0.15, 0.2) is 0 Å². The lowest BCUT2D eigenvalue weighted by Crippen LogP contribution is -2.36. The van der Waals surface area contributed by atoms with Crippen LogP contribution in [0.2, 0.25) is 0 Å². The van der Waals surface area contributed by atoms with E-state index < -0.39 is 5.79 Å². The van der Waals surface area contributed by atoms with Gasteiger partial charge < -0.3 is 14.7 Å². The molecule has 0 radical (unpaired) electrons. The van der Waals surface area contributed by atoms with E-state index in [-0.39, 0.29) is 18.2 Å². The minimum absolute atomic E-state index is 0.0324. The molecule has 1 N–H and O–H groups in total. The van der Waals surface area contributed by atoms with Gasteiger partial charge in [-0.15, -0.1) is 0 Å². The lowest BCUT2D eigenvalue weighted by molar-refractivity contribution is -0.197. The molecule has 0 amide bonds. The molecule has 2 heterocycles. The van der Waals surface area contributed by atoms with Crippen molar-refractivity contribution in [1.82, 2.24) is 5.06 Å². The van der Waals surface area contributed by atoms with E-state index in [0.717, 1.165) is 6.42 Å². The zero-order valence-electron chi connectivity index (χ0n) is 8.36. The van der Waals surface area contributed by atoms with Crippen molar-refractivity contribution in [3.8, 4) is 0 Å². The summed E-state index contributed by atoms with van der Waals surface area (Å²) in [5.41, 5.74) is 0. The zero-order chi connectivity index (χ0) is 9.64. The largest absolute Gasteiger partial charge is 0.343 e. The Balaban J connectivity index is 2.10. The third-order valence-corrected chi connectivity index (χ3v) is 2.77. The second-order valence-electron chi connectivity index (χ2n) is 4.24. The first kappa shape index (κ1) is 9.40. The Morgan fingerprint density at radius 2 is 2.15 bits per heavy atom. The number of ether oxygens (including phenoxy) is 2. The molecule has 0 aliphatic carbocycles. The molecule has 2 fully saturated rings. The molecule has 0 aromatic heterocycles. The van der Waals surface area contributed by atoms with E-state index in [0.29, 0.717) is 6.54 Å². The van der Waals surface area contributed by atoms with Crippen LogP contribution in [0.1, 0.15) is 27.2 Å². The third-order valence-electron chi connectivity index (χ3n) is 2.77. The van der Waals surface area contributed by atoms with Crippen molar-refractivity contribution >= 4 is 0 Å². The van der Waals surface area contributed by atoms with E-state index >= 15 is 0 Å². The Labute approximate surface area is 78.4 Å². The predicted octanol–water partition coefficient (Wildman–Crippen LogP) is 0.990. The number of rotatable bonds is 1. The van der Waals surface area contributed by atoms with Gasteiger partial charge in [-0.2, -0.15) is 5.06 Å². The van der Waals surface area contributed by atoms with Gasteiger partial charge in [-0.3, -0.25) is 0 Å². The van der Waals surface area contributed by atoms with Gasteiger partial charge in [0.25, 0.3) is 0 Å². The maximum atomic E-state index is 9.54. The average molecular weight is 187 g/mol. The summed E-state index contributed by atoms with van der Waals surface area (Å²) >= 11 is 0. The maximum Gasteiger partial charge on any atom is 0.163 e. The molecule has 4 heteroatoms. The molecule has 3 atom stereocenters. The minimum atomic E-state index is -0.482. The highest BCUT2D eigenvalue weighted by Crippen LogP contribution is 2.36. The Morgan fingerprint density at radius 3 is 2.77 bits per heavy atom. The summed E-state index contributed by atoms with van der Waals surface area (Å²) < 4.78 is 11.4. The fraction of sp³-hybridized carbons (Fsp3) is 1.00. The molecular formula is C9H17NO3. The van der Waals surface area contributed by atoms with Crippen molar-refractivity contribution in [2.24, 2.45) is 0 Å². The highest BCUT2D eigenvalue weighted by molar-refractivity contribution is 4.96. The zero-order valence-corrected chi connectivity index (χ0v) is 8.36. The fourth-order valence-corrected chi connectivity index (χ4v) is 2.26. The molecule has 2 rings (SSSR count). The van der Waals surface area contributed by atoms with Crippen molar-refractivity contribution in [3.63, 3.8) is 0 Å². The van der Waals surface area contributed by atoms with Crippen molar-refractivity contribution in [1.29, 1.82) is 0 Å². The van der Waals surface area contributed by atoms with Gasteiger partial charge in [0.15, 0.2) is 5.79 Å². The van der Waals surface area contributed by atoms with E-state index in [1.165, 1.54) is 5.06 Å². The molecule has 4 nitrogen and oxygen atoms in total. The first-order chi connectivity index (χ1) is 6.03. The van der Waals surface area contributed by atoms with E-state index in [4.69, 9.17) is 9.47 Å². The maximum absolute atomic E-state index is 9.54. The number of hydrogen-bond donors (Lipinski definition) is 1. The average Bonchev–Trinajstić information content (AvgIpc) is 2.39. The number of fused-ring (bicyclic) bond motifs is 1. The summed E-state index contributed by atoms with van der Waals surface area (Å²) in [6, 6.07) is 0.0896. The minimum Gasteiger partial charge on any atom is -0.343 e. The Morgan fingerprint density at radius 1 is 1.46 bits per heavy atom. The van der Waals surface area contributed by atoms with Crippen LogP contribution in [-0.4, -0.2) is 40.9 Å². The fourth-order valence-electron chi connectivity index (χ4n) is 2.26. The van der Waals surface area contributed by atoms with Gasteiger partial charge in [-0.25, -0.2) is 0 Å². The topological polar surface area (TPSA) is 41.9 Å². The molecule has 0 spiro atoms. The van der Waals surface area contributed by atoms with Gasteiger partial charge >= 0.3 is 0 Å². The SMILES string of the molecule is CC[C@@H]1[C@H]2OC(C)(C)O[C@H]2CN1O. The van der Waals surface area contributed by atoms with Crippen LogP contribution in [0.4, 0.5) is 0 Å². The van der Waals surface area contributed by atoms with E-state index in [1.807, 2.05) is 20.8 Å². The third kappa shape index (κ3) is 1.48. The van der Waals surface area contributed by atoms with Crippen LogP contribution in [0, 0.1) is 0 Å². The van der Waals surface area contributed by atoms with E-state index in [2.05, 4.69) is 0 Å². The van der Waals surface area contributed by atoms with Crippen molar-refractivity contribution in [3.05, 3.63) is 0 Å². The second-order valence-corrected chi connectivity index (χ2v) is 4.24. The molecule has 0 bridgehead atoms. The Kier molecular flexibility index (Phi) is 2.11. The monoisotopic (exact) mass is 187 g/mol. The number of hydroxylamine groups is 2. The summed E-state index contributed by atoms with van der Waals surface area (Å²) in [5, 5.41) is 10.9. The molecule has 0 unspecified atom stereocenters. The van der Waals surface area contributed by atoms with Crippen LogP contribution in [0.25, 0.3) is 0 Å². The van der Waals surface area contributed by atoms with Crippen molar-refractivity contribution in [2.45, 2.75) is 51.2 Å². The van der Waals surface area contributed by atoms with Crippen LogP contribution in [-0.2, 0) is 9.47 Å². The van der Waals surface area contributed by atoms with Crippen LogP contribution in [0.3, 0.4) is 0 Å². The summed E-state index contributed by atoms with van der Waals surface area (Å²) in [6.07, 6.45) is 0.951. The van der Waals surface area contributed by atoms with Crippen LogP contribution in [0.5, 0.6) is 0 Å². The van der Waals surface area contributed by atoms with Gasteiger partial charge in [0.05, 0.1) is 12.6 Å². The number of nitrogens with zero attached hydrogens (tertiary/aromatic N) is 1. The standard InChI is InChI=1S/C9H17NO3/c1-4-6-8-7(5-10(6)11)12-9(2,3)13-8/h6-8,11H,4-5H2,1-3H3/t6-,7+,8-/m1/s1. The lowest BCUT2D eigenvalue weighted by atomic mass is 10.1. The van der Waals surface area contributed by atoms with E-state index in [9.17, 15) is 5.21 Å². The normalized spacial score (nSPS) is 43.8. The molecule has 2 saturated heterocycles. The summed E-state index contributed by atoms with van der Waals surface area (Å²) in [6.45, 7) is 6.44. The lowest BCUT2D eigenvalue weighted by Gasteiger charge is -2.24. The molecule has 2 aliphatic rings. The highest BCUT2D eigenvalue weighted by Gasteiger charge is 2.51.